The standard InChI is InChI=1S/C24H32N2O4S/c1-24(2,3)13-8-11-17-18(12-13)31-22(19(17)21(28)25-14-9-10-14)26-20(27)15-6-4-5-7-16(15)23(29)30/h4-5,13-16H,6-12H2,1-3H3,(H,25,28)(H,26,27)(H,29,30)/t13-,15+,16-/m1/s1. The molecule has 3 atom stereocenters. The van der Waals surface area contributed by atoms with Crippen LogP contribution in [0.1, 0.15) is 73.7 Å². The van der Waals surface area contributed by atoms with Gasteiger partial charge in [0, 0.05) is 10.9 Å². The van der Waals surface area contributed by atoms with E-state index in [4.69, 9.17) is 0 Å². The summed E-state index contributed by atoms with van der Waals surface area (Å²) >= 11 is 1.50. The minimum Gasteiger partial charge on any atom is -0.481 e. The highest BCUT2D eigenvalue weighted by Gasteiger charge is 2.38. The Hall–Kier alpha value is -2.15. The van der Waals surface area contributed by atoms with E-state index < -0.39 is 17.8 Å². The normalized spacial score (nSPS) is 25.6. The van der Waals surface area contributed by atoms with Crippen LogP contribution in [0.5, 0.6) is 0 Å². The minimum atomic E-state index is -0.949. The molecule has 6 nitrogen and oxygen atoms in total. The Morgan fingerprint density at radius 2 is 1.74 bits per heavy atom. The maximum atomic E-state index is 13.1. The summed E-state index contributed by atoms with van der Waals surface area (Å²) in [6.07, 6.45) is 9.24. The molecule has 2 amide bonds. The van der Waals surface area contributed by atoms with Gasteiger partial charge in [0.15, 0.2) is 0 Å². The Labute approximate surface area is 187 Å². The maximum absolute atomic E-state index is 13.1. The van der Waals surface area contributed by atoms with Crippen molar-refractivity contribution < 1.29 is 19.5 Å². The summed E-state index contributed by atoms with van der Waals surface area (Å²) in [5, 5.41) is 16.2. The van der Waals surface area contributed by atoms with Crippen molar-refractivity contribution in [3.05, 3.63) is 28.2 Å². The van der Waals surface area contributed by atoms with E-state index in [1.54, 1.807) is 0 Å². The van der Waals surface area contributed by atoms with Crippen molar-refractivity contribution in [3.8, 4) is 0 Å². The third-order valence-electron chi connectivity index (χ3n) is 6.95. The second-order valence-electron chi connectivity index (χ2n) is 10.2. The van der Waals surface area contributed by atoms with E-state index in [-0.39, 0.29) is 23.3 Å². The number of carboxylic acids is 1. The molecule has 0 aromatic carbocycles. The zero-order chi connectivity index (χ0) is 22.3. The Kier molecular flexibility index (Phi) is 5.99. The molecule has 3 aliphatic rings. The largest absolute Gasteiger partial charge is 0.481 e. The topological polar surface area (TPSA) is 95.5 Å². The van der Waals surface area contributed by atoms with Crippen LogP contribution in [0, 0.1) is 23.2 Å². The van der Waals surface area contributed by atoms with E-state index in [1.807, 2.05) is 12.2 Å². The fourth-order valence-corrected chi connectivity index (χ4v) is 6.05. The molecule has 31 heavy (non-hydrogen) atoms. The van der Waals surface area contributed by atoms with Gasteiger partial charge in [-0.3, -0.25) is 14.4 Å². The smallest absolute Gasteiger partial charge is 0.307 e. The lowest BCUT2D eigenvalue weighted by molar-refractivity contribution is -0.146. The van der Waals surface area contributed by atoms with Crippen LogP contribution >= 0.6 is 11.3 Å². The number of fused-ring (bicyclic) bond motifs is 1. The number of anilines is 1. The zero-order valence-electron chi connectivity index (χ0n) is 18.5. The van der Waals surface area contributed by atoms with Gasteiger partial charge in [-0.2, -0.15) is 0 Å². The molecule has 0 radical (unpaired) electrons. The number of carboxylic acid groups (broad SMARTS) is 1. The monoisotopic (exact) mass is 444 g/mol. The minimum absolute atomic E-state index is 0.108. The molecule has 4 rings (SSSR count). The van der Waals surface area contributed by atoms with Gasteiger partial charge in [-0.05, 0) is 61.8 Å². The molecule has 3 N–H and O–H groups in total. The number of nitrogens with one attached hydrogen (secondary N) is 2. The number of amides is 2. The van der Waals surface area contributed by atoms with E-state index in [9.17, 15) is 19.5 Å². The third kappa shape index (κ3) is 4.71. The Morgan fingerprint density at radius 3 is 2.35 bits per heavy atom. The predicted molar refractivity (Wildman–Crippen MR) is 121 cm³/mol. The van der Waals surface area contributed by atoms with Crippen molar-refractivity contribution in [2.75, 3.05) is 5.32 Å². The molecule has 168 valence electrons. The van der Waals surface area contributed by atoms with Crippen LogP contribution in [-0.2, 0) is 22.4 Å². The second-order valence-corrected chi connectivity index (χ2v) is 11.3. The number of hydrogen-bond donors (Lipinski definition) is 3. The van der Waals surface area contributed by atoms with Crippen LogP contribution in [-0.4, -0.2) is 28.9 Å². The summed E-state index contributed by atoms with van der Waals surface area (Å²) in [5.41, 5.74) is 1.85. The number of carbonyl (C=O) groups is 3. The maximum Gasteiger partial charge on any atom is 0.307 e. The first-order valence-electron chi connectivity index (χ1n) is 11.3. The average molecular weight is 445 g/mol. The molecular formula is C24H32N2O4S. The predicted octanol–water partition coefficient (Wildman–Crippen LogP) is 4.40. The highest BCUT2D eigenvalue weighted by Crippen LogP contribution is 2.44. The van der Waals surface area contributed by atoms with Crippen LogP contribution < -0.4 is 10.6 Å². The fraction of sp³-hybridized carbons (Fsp3) is 0.625. The van der Waals surface area contributed by atoms with Gasteiger partial charge in [-0.1, -0.05) is 32.9 Å². The first-order valence-corrected chi connectivity index (χ1v) is 12.1. The summed E-state index contributed by atoms with van der Waals surface area (Å²) in [6, 6.07) is 0.234. The lowest BCUT2D eigenvalue weighted by atomic mass is 9.72. The highest BCUT2D eigenvalue weighted by atomic mass is 32.1. The molecule has 0 bridgehead atoms. The van der Waals surface area contributed by atoms with Crippen LogP contribution in [0.2, 0.25) is 0 Å². The molecule has 1 aromatic rings. The molecule has 1 saturated carbocycles. The number of thiophene rings is 1. The van der Waals surface area contributed by atoms with E-state index in [2.05, 4.69) is 31.4 Å². The second kappa shape index (κ2) is 8.41. The van der Waals surface area contributed by atoms with E-state index in [1.165, 1.54) is 16.2 Å². The summed E-state index contributed by atoms with van der Waals surface area (Å²) in [6.45, 7) is 6.76. The summed E-state index contributed by atoms with van der Waals surface area (Å²) in [4.78, 5) is 39.0. The molecule has 1 fully saturated rings. The van der Waals surface area contributed by atoms with Gasteiger partial charge in [0.05, 0.1) is 17.4 Å². The number of hydrogen-bond acceptors (Lipinski definition) is 4. The van der Waals surface area contributed by atoms with Gasteiger partial charge in [0.2, 0.25) is 5.91 Å². The SMILES string of the molecule is CC(C)(C)[C@@H]1CCc2c(sc(NC(=O)[C@H]3CC=CC[C@H]3C(=O)O)c2C(=O)NC2CC2)C1. The molecule has 7 heteroatoms. The molecule has 1 heterocycles. The van der Waals surface area contributed by atoms with E-state index in [0.29, 0.717) is 29.3 Å². The lowest BCUT2D eigenvalue weighted by Crippen LogP contribution is -2.35. The number of carbonyl (C=O) groups excluding carboxylic acids is 2. The fourth-order valence-electron chi connectivity index (χ4n) is 4.72. The van der Waals surface area contributed by atoms with Crippen LogP contribution in [0.4, 0.5) is 5.00 Å². The molecular weight excluding hydrogens is 412 g/mol. The van der Waals surface area contributed by atoms with Crippen LogP contribution in [0.25, 0.3) is 0 Å². The highest BCUT2D eigenvalue weighted by molar-refractivity contribution is 7.17. The first-order chi connectivity index (χ1) is 14.6. The van der Waals surface area contributed by atoms with Crippen LogP contribution in [0.3, 0.4) is 0 Å². The van der Waals surface area contributed by atoms with Gasteiger partial charge >= 0.3 is 5.97 Å². The van der Waals surface area contributed by atoms with Crippen molar-refractivity contribution in [2.24, 2.45) is 23.2 Å². The molecule has 0 saturated heterocycles. The molecule has 3 aliphatic carbocycles. The number of rotatable bonds is 5. The Bertz CT molecular complexity index is 923. The molecule has 0 spiro atoms. The molecule has 0 unspecified atom stereocenters. The summed E-state index contributed by atoms with van der Waals surface area (Å²) in [7, 11) is 0. The van der Waals surface area contributed by atoms with Crippen molar-refractivity contribution in [1.29, 1.82) is 0 Å². The first kappa shape index (κ1) is 22.1. The van der Waals surface area contributed by atoms with Gasteiger partial charge in [0.1, 0.15) is 5.00 Å². The number of allylic oxidation sites excluding steroid dienone is 2. The van der Waals surface area contributed by atoms with E-state index >= 15 is 0 Å². The average Bonchev–Trinajstić information content (AvgIpc) is 3.44. The van der Waals surface area contributed by atoms with Gasteiger partial charge < -0.3 is 15.7 Å². The van der Waals surface area contributed by atoms with Gasteiger partial charge in [-0.15, -0.1) is 11.3 Å². The van der Waals surface area contributed by atoms with Gasteiger partial charge in [0.25, 0.3) is 5.91 Å². The molecule has 1 aromatic heterocycles. The lowest BCUT2D eigenvalue weighted by Gasteiger charge is -2.33. The number of aliphatic carboxylic acids is 1. The van der Waals surface area contributed by atoms with Crippen molar-refractivity contribution in [1.82, 2.24) is 5.32 Å². The zero-order valence-corrected chi connectivity index (χ0v) is 19.3. The Morgan fingerprint density at radius 1 is 1.06 bits per heavy atom. The molecule has 0 aliphatic heterocycles. The van der Waals surface area contributed by atoms with E-state index in [0.717, 1.165) is 37.7 Å². The third-order valence-corrected chi connectivity index (χ3v) is 8.12. The van der Waals surface area contributed by atoms with Crippen molar-refractivity contribution >= 4 is 34.1 Å². The van der Waals surface area contributed by atoms with Crippen LogP contribution in [0.15, 0.2) is 12.2 Å². The van der Waals surface area contributed by atoms with Crippen molar-refractivity contribution in [3.63, 3.8) is 0 Å². The van der Waals surface area contributed by atoms with Crippen molar-refractivity contribution in [2.45, 2.75) is 71.8 Å². The summed E-state index contributed by atoms with van der Waals surface area (Å²) < 4.78 is 0. The summed E-state index contributed by atoms with van der Waals surface area (Å²) in [5.74, 6) is -2.18. The Balaban J connectivity index is 1.62. The van der Waals surface area contributed by atoms with Gasteiger partial charge in [-0.25, -0.2) is 0 Å². The quantitative estimate of drug-likeness (QED) is 0.587.